The summed E-state index contributed by atoms with van der Waals surface area (Å²) in [6.07, 6.45) is 2.14. The molecule has 102 valence electrons. The smallest absolute Gasteiger partial charge is 0.224 e. The van der Waals surface area contributed by atoms with Crippen molar-refractivity contribution in [2.45, 2.75) is 33.6 Å². The standard InChI is InChI=1S/C16H21NO2/c1-5-14(18)10-12-6-8-13(9-7-12)17-15(19)11-16(2,3)4/h5-9H,1,10-11H2,2-4H3,(H,17,19). The van der Waals surface area contributed by atoms with Gasteiger partial charge in [-0.05, 0) is 29.2 Å². The minimum Gasteiger partial charge on any atom is -0.326 e. The van der Waals surface area contributed by atoms with Crippen LogP contribution in [0.3, 0.4) is 0 Å². The molecule has 0 radical (unpaired) electrons. The minimum atomic E-state index is -0.0274. The summed E-state index contributed by atoms with van der Waals surface area (Å²) in [4.78, 5) is 23.0. The molecule has 0 spiro atoms. The number of hydrogen-bond donors (Lipinski definition) is 1. The highest BCUT2D eigenvalue weighted by atomic mass is 16.1. The molecule has 1 N–H and O–H groups in total. The second-order valence-electron chi connectivity index (χ2n) is 5.83. The summed E-state index contributed by atoms with van der Waals surface area (Å²) >= 11 is 0. The summed E-state index contributed by atoms with van der Waals surface area (Å²) in [5.41, 5.74) is 1.64. The van der Waals surface area contributed by atoms with Crippen molar-refractivity contribution >= 4 is 17.4 Å². The Kier molecular flexibility index (Phi) is 5.04. The molecule has 0 unspecified atom stereocenters. The van der Waals surface area contributed by atoms with Crippen LogP contribution in [0.15, 0.2) is 36.9 Å². The Labute approximate surface area is 114 Å². The maximum atomic E-state index is 11.8. The molecular formula is C16H21NO2. The van der Waals surface area contributed by atoms with Crippen LogP contribution in [0.1, 0.15) is 32.8 Å². The average molecular weight is 259 g/mol. The molecule has 1 amide bonds. The second kappa shape index (κ2) is 6.32. The number of amides is 1. The van der Waals surface area contributed by atoms with Gasteiger partial charge in [0.05, 0.1) is 0 Å². The number of nitrogens with one attached hydrogen (secondary N) is 1. The molecule has 0 aliphatic carbocycles. The molecule has 1 aromatic carbocycles. The predicted octanol–water partition coefficient (Wildman–Crippen LogP) is 3.36. The van der Waals surface area contributed by atoms with Crippen molar-refractivity contribution in [1.82, 2.24) is 0 Å². The van der Waals surface area contributed by atoms with E-state index in [1.54, 1.807) is 0 Å². The van der Waals surface area contributed by atoms with E-state index in [2.05, 4.69) is 11.9 Å². The van der Waals surface area contributed by atoms with E-state index in [1.807, 2.05) is 45.0 Å². The van der Waals surface area contributed by atoms with Crippen LogP contribution in [-0.4, -0.2) is 11.7 Å². The molecule has 0 saturated heterocycles. The Balaban J connectivity index is 2.59. The molecule has 1 rings (SSSR count). The topological polar surface area (TPSA) is 46.2 Å². The monoisotopic (exact) mass is 259 g/mol. The minimum absolute atomic E-state index is 0.00224. The van der Waals surface area contributed by atoms with Gasteiger partial charge < -0.3 is 5.32 Å². The van der Waals surface area contributed by atoms with Gasteiger partial charge in [-0.25, -0.2) is 0 Å². The van der Waals surface area contributed by atoms with Gasteiger partial charge >= 0.3 is 0 Å². The SMILES string of the molecule is C=CC(=O)Cc1ccc(NC(=O)CC(C)(C)C)cc1. The normalized spacial score (nSPS) is 10.9. The molecule has 0 aliphatic heterocycles. The lowest BCUT2D eigenvalue weighted by Gasteiger charge is -2.17. The van der Waals surface area contributed by atoms with Crippen LogP contribution in [0.5, 0.6) is 0 Å². The molecule has 3 heteroatoms. The summed E-state index contributed by atoms with van der Waals surface area (Å²) in [6, 6.07) is 7.31. The van der Waals surface area contributed by atoms with Gasteiger partial charge in [-0.3, -0.25) is 9.59 Å². The van der Waals surface area contributed by atoms with Gasteiger partial charge in [0.2, 0.25) is 5.91 Å². The van der Waals surface area contributed by atoms with Crippen LogP contribution in [0.2, 0.25) is 0 Å². The van der Waals surface area contributed by atoms with E-state index in [0.29, 0.717) is 12.8 Å². The number of benzene rings is 1. The van der Waals surface area contributed by atoms with E-state index in [4.69, 9.17) is 0 Å². The zero-order valence-electron chi connectivity index (χ0n) is 11.8. The van der Waals surface area contributed by atoms with Crippen LogP contribution in [0.4, 0.5) is 5.69 Å². The molecule has 19 heavy (non-hydrogen) atoms. The Morgan fingerprint density at radius 2 is 1.79 bits per heavy atom. The third kappa shape index (κ3) is 6.00. The molecule has 0 fully saturated rings. The number of anilines is 1. The van der Waals surface area contributed by atoms with Crippen LogP contribution >= 0.6 is 0 Å². The summed E-state index contributed by atoms with van der Waals surface area (Å²) in [7, 11) is 0. The van der Waals surface area contributed by atoms with E-state index < -0.39 is 0 Å². The Morgan fingerprint density at radius 3 is 2.26 bits per heavy atom. The first kappa shape index (κ1) is 15.2. The van der Waals surface area contributed by atoms with Crippen LogP contribution in [0.25, 0.3) is 0 Å². The highest BCUT2D eigenvalue weighted by Gasteiger charge is 2.15. The first-order chi connectivity index (χ1) is 8.80. The summed E-state index contributed by atoms with van der Waals surface area (Å²) in [5, 5.41) is 2.85. The third-order valence-electron chi connectivity index (χ3n) is 2.53. The average Bonchev–Trinajstić information content (AvgIpc) is 2.29. The van der Waals surface area contributed by atoms with Crippen molar-refractivity contribution in [1.29, 1.82) is 0 Å². The van der Waals surface area contributed by atoms with Crippen molar-refractivity contribution in [2.24, 2.45) is 5.41 Å². The quantitative estimate of drug-likeness (QED) is 0.824. The number of hydrogen-bond acceptors (Lipinski definition) is 2. The fraction of sp³-hybridized carbons (Fsp3) is 0.375. The third-order valence-corrected chi connectivity index (χ3v) is 2.53. The molecule has 3 nitrogen and oxygen atoms in total. The lowest BCUT2D eigenvalue weighted by atomic mass is 9.92. The highest BCUT2D eigenvalue weighted by Crippen LogP contribution is 2.19. The van der Waals surface area contributed by atoms with Crippen LogP contribution in [-0.2, 0) is 16.0 Å². The molecule has 0 aromatic heterocycles. The van der Waals surface area contributed by atoms with Gasteiger partial charge in [0, 0.05) is 18.5 Å². The van der Waals surface area contributed by atoms with Crippen LogP contribution in [0, 0.1) is 5.41 Å². The largest absolute Gasteiger partial charge is 0.326 e. The fourth-order valence-corrected chi connectivity index (χ4v) is 1.67. The summed E-state index contributed by atoms with van der Waals surface area (Å²) in [6.45, 7) is 9.51. The number of carbonyl (C=O) groups is 2. The van der Waals surface area contributed by atoms with E-state index >= 15 is 0 Å². The molecule has 0 bridgehead atoms. The van der Waals surface area contributed by atoms with Crippen molar-refractivity contribution in [3.8, 4) is 0 Å². The van der Waals surface area contributed by atoms with E-state index in [-0.39, 0.29) is 17.1 Å². The molecule has 0 saturated carbocycles. The zero-order chi connectivity index (χ0) is 14.5. The first-order valence-electron chi connectivity index (χ1n) is 6.34. The zero-order valence-corrected chi connectivity index (χ0v) is 11.8. The molecular weight excluding hydrogens is 238 g/mol. The second-order valence-corrected chi connectivity index (χ2v) is 5.83. The maximum Gasteiger partial charge on any atom is 0.224 e. The van der Waals surface area contributed by atoms with Crippen molar-refractivity contribution in [3.05, 3.63) is 42.5 Å². The Bertz CT molecular complexity index is 467. The summed E-state index contributed by atoms with van der Waals surface area (Å²) < 4.78 is 0. The number of allylic oxidation sites excluding steroid dienone is 1. The number of carbonyl (C=O) groups excluding carboxylic acids is 2. The number of rotatable bonds is 5. The molecule has 0 aliphatic rings. The maximum absolute atomic E-state index is 11.8. The summed E-state index contributed by atoms with van der Waals surface area (Å²) in [5.74, 6) is -0.00747. The first-order valence-corrected chi connectivity index (χ1v) is 6.34. The fourth-order valence-electron chi connectivity index (χ4n) is 1.67. The van der Waals surface area contributed by atoms with E-state index in [0.717, 1.165) is 11.3 Å². The molecule has 0 heterocycles. The molecule has 1 aromatic rings. The predicted molar refractivity (Wildman–Crippen MR) is 78.1 cm³/mol. The van der Waals surface area contributed by atoms with E-state index in [1.165, 1.54) is 6.08 Å². The van der Waals surface area contributed by atoms with Gasteiger partial charge in [-0.1, -0.05) is 39.5 Å². The van der Waals surface area contributed by atoms with Crippen molar-refractivity contribution in [3.63, 3.8) is 0 Å². The lowest BCUT2D eigenvalue weighted by molar-refractivity contribution is -0.118. The lowest BCUT2D eigenvalue weighted by Crippen LogP contribution is -2.19. The van der Waals surface area contributed by atoms with Gasteiger partial charge in [-0.2, -0.15) is 0 Å². The van der Waals surface area contributed by atoms with Gasteiger partial charge in [0.1, 0.15) is 0 Å². The van der Waals surface area contributed by atoms with Crippen molar-refractivity contribution in [2.75, 3.05) is 5.32 Å². The van der Waals surface area contributed by atoms with Crippen LogP contribution < -0.4 is 5.32 Å². The van der Waals surface area contributed by atoms with Gasteiger partial charge in [-0.15, -0.1) is 0 Å². The Hall–Kier alpha value is -1.90. The van der Waals surface area contributed by atoms with E-state index in [9.17, 15) is 9.59 Å². The highest BCUT2D eigenvalue weighted by molar-refractivity contribution is 5.92. The Morgan fingerprint density at radius 1 is 1.21 bits per heavy atom. The number of ketones is 1. The van der Waals surface area contributed by atoms with Gasteiger partial charge in [0.25, 0.3) is 0 Å². The van der Waals surface area contributed by atoms with Gasteiger partial charge in [0.15, 0.2) is 5.78 Å². The van der Waals surface area contributed by atoms with Crippen molar-refractivity contribution < 1.29 is 9.59 Å². The molecule has 0 atom stereocenters.